The van der Waals surface area contributed by atoms with Crippen LogP contribution < -0.4 is 0 Å². The van der Waals surface area contributed by atoms with E-state index in [1.807, 2.05) is 42.5 Å². The van der Waals surface area contributed by atoms with Crippen LogP contribution in [-0.2, 0) is 24.2 Å². The minimum absolute atomic E-state index is 0.268. The first-order valence-corrected chi connectivity index (χ1v) is 11.9. The number of hydrogen-bond donors (Lipinski definition) is 0. The second-order valence-electron chi connectivity index (χ2n) is 8.43. The van der Waals surface area contributed by atoms with Crippen LogP contribution in [0.4, 0.5) is 4.79 Å². The Hall–Kier alpha value is -2.50. The van der Waals surface area contributed by atoms with Gasteiger partial charge >= 0.3 is 6.09 Å². The quantitative estimate of drug-likeness (QED) is 0.448. The number of hydrogen-bond acceptors (Lipinski definition) is 3. The molecule has 1 amide bonds. The Bertz CT molecular complexity index is 1130. The van der Waals surface area contributed by atoms with E-state index in [0.29, 0.717) is 35.6 Å². The molecule has 0 N–H and O–H groups in total. The summed E-state index contributed by atoms with van der Waals surface area (Å²) in [6.07, 6.45) is 4.70. The normalized spacial score (nSPS) is 16.2. The molecule has 1 aromatic heterocycles. The smallest absolute Gasteiger partial charge is 0.410 e. The van der Waals surface area contributed by atoms with Gasteiger partial charge in [0, 0.05) is 48.3 Å². The lowest BCUT2D eigenvalue weighted by Gasteiger charge is -2.30. The molecule has 1 saturated carbocycles. The molecule has 5 rings (SSSR count). The van der Waals surface area contributed by atoms with Gasteiger partial charge in [0.1, 0.15) is 12.4 Å². The third kappa shape index (κ3) is 4.24. The fourth-order valence-electron chi connectivity index (χ4n) is 4.46. The molecule has 32 heavy (non-hydrogen) atoms. The molecule has 0 unspecified atom stereocenters. The summed E-state index contributed by atoms with van der Waals surface area (Å²) in [4.78, 5) is 19.5. The van der Waals surface area contributed by atoms with E-state index in [4.69, 9.17) is 32.9 Å². The van der Waals surface area contributed by atoms with Crippen molar-refractivity contribution in [1.82, 2.24) is 14.5 Å². The largest absolute Gasteiger partial charge is 0.445 e. The van der Waals surface area contributed by atoms with Crippen molar-refractivity contribution in [3.8, 4) is 11.4 Å². The fourth-order valence-corrected chi connectivity index (χ4v) is 4.96. The highest BCUT2D eigenvalue weighted by Crippen LogP contribution is 2.40. The fraction of sp³-hybridized carbons (Fsp3) is 0.360. The molecule has 2 aromatic carbocycles. The molecule has 166 valence electrons. The third-order valence-corrected chi connectivity index (χ3v) is 6.95. The number of nitrogens with zero attached hydrogens (tertiary/aromatic N) is 3. The Morgan fingerprint density at radius 3 is 2.56 bits per heavy atom. The standard InChI is InChI=1S/C25H25Cl2N3O2/c26-18-9-10-20(21(27)15-18)24-28-22-11-13-29(14-12-23(22)30(24)19-7-4-8-19)25(31)32-16-17-5-2-1-3-6-17/h1-3,5-6,9-10,15,19H,4,7-8,11-14,16H2. The molecule has 0 radical (unpaired) electrons. The van der Waals surface area contributed by atoms with Crippen molar-refractivity contribution in [2.75, 3.05) is 13.1 Å². The molecule has 0 saturated heterocycles. The van der Waals surface area contributed by atoms with E-state index >= 15 is 0 Å². The SMILES string of the molecule is O=C(OCc1ccccc1)N1CCc2nc(-c3ccc(Cl)cc3Cl)n(C3CCC3)c2CC1. The highest BCUT2D eigenvalue weighted by atomic mass is 35.5. The van der Waals surface area contributed by atoms with Crippen molar-refractivity contribution >= 4 is 29.3 Å². The molecule has 0 atom stereocenters. The maximum atomic E-state index is 12.7. The number of imidazole rings is 1. The lowest BCUT2D eigenvalue weighted by molar-refractivity contribution is 0.0975. The summed E-state index contributed by atoms with van der Waals surface area (Å²) in [7, 11) is 0. The zero-order valence-electron chi connectivity index (χ0n) is 17.8. The molecule has 1 fully saturated rings. The van der Waals surface area contributed by atoms with Gasteiger partial charge < -0.3 is 14.2 Å². The molecular formula is C25H25Cl2N3O2. The second kappa shape index (κ2) is 9.16. The number of ether oxygens (including phenoxy) is 1. The maximum Gasteiger partial charge on any atom is 0.410 e. The van der Waals surface area contributed by atoms with Gasteiger partial charge in [-0.3, -0.25) is 0 Å². The van der Waals surface area contributed by atoms with Crippen LogP contribution in [0.5, 0.6) is 0 Å². The Labute approximate surface area is 197 Å². The second-order valence-corrected chi connectivity index (χ2v) is 9.28. The van der Waals surface area contributed by atoms with Crippen LogP contribution >= 0.6 is 23.2 Å². The van der Waals surface area contributed by atoms with Crippen LogP contribution in [-0.4, -0.2) is 33.6 Å². The lowest BCUT2D eigenvalue weighted by atomic mass is 9.92. The van der Waals surface area contributed by atoms with Crippen molar-refractivity contribution in [3.05, 3.63) is 75.5 Å². The predicted octanol–water partition coefficient (Wildman–Crippen LogP) is 6.32. The number of aromatic nitrogens is 2. The highest BCUT2D eigenvalue weighted by molar-refractivity contribution is 6.36. The van der Waals surface area contributed by atoms with Gasteiger partial charge in [0.05, 0.1) is 10.7 Å². The number of carbonyl (C=O) groups is 1. The molecule has 7 heteroatoms. The Morgan fingerprint density at radius 1 is 1.06 bits per heavy atom. The number of amides is 1. The van der Waals surface area contributed by atoms with Crippen molar-refractivity contribution in [1.29, 1.82) is 0 Å². The minimum atomic E-state index is -0.268. The van der Waals surface area contributed by atoms with Crippen molar-refractivity contribution in [2.45, 2.75) is 44.8 Å². The molecule has 1 aliphatic carbocycles. The third-order valence-electron chi connectivity index (χ3n) is 6.41. The molecule has 5 nitrogen and oxygen atoms in total. The summed E-state index contributed by atoms with van der Waals surface area (Å²) in [5.74, 6) is 0.918. The van der Waals surface area contributed by atoms with Crippen LogP contribution in [0, 0.1) is 0 Å². The number of carbonyl (C=O) groups excluding carboxylic acids is 1. The molecule has 2 heterocycles. The first-order chi connectivity index (χ1) is 15.6. The zero-order chi connectivity index (χ0) is 22.1. The molecular weight excluding hydrogens is 445 g/mol. The van der Waals surface area contributed by atoms with Crippen molar-refractivity contribution < 1.29 is 9.53 Å². The summed E-state index contributed by atoms with van der Waals surface area (Å²) in [6, 6.07) is 15.8. The first-order valence-electron chi connectivity index (χ1n) is 11.1. The van der Waals surface area contributed by atoms with Crippen LogP contribution in [0.1, 0.15) is 42.3 Å². The van der Waals surface area contributed by atoms with Gasteiger partial charge in [-0.05, 0) is 43.0 Å². The number of benzene rings is 2. The molecule has 2 aliphatic rings. The highest BCUT2D eigenvalue weighted by Gasteiger charge is 2.31. The minimum Gasteiger partial charge on any atom is -0.445 e. The van der Waals surface area contributed by atoms with E-state index in [-0.39, 0.29) is 12.7 Å². The Balaban J connectivity index is 1.36. The topological polar surface area (TPSA) is 47.4 Å². The number of fused-ring (bicyclic) bond motifs is 1. The predicted molar refractivity (Wildman–Crippen MR) is 126 cm³/mol. The average Bonchev–Trinajstić information content (AvgIpc) is 2.96. The van der Waals surface area contributed by atoms with E-state index in [1.54, 1.807) is 11.0 Å². The lowest BCUT2D eigenvalue weighted by Crippen LogP contribution is -2.34. The number of halogens is 2. The Kier molecular flexibility index (Phi) is 6.11. The average molecular weight is 470 g/mol. The molecule has 0 spiro atoms. The maximum absolute atomic E-state index is 12.7. The first kappa shape index (κ1) is 21.4. The summed E-state index contributed by atoms with van der Waals surface area (Å²) >= 11 is 12.7. The monoisotopic (exact) mass is 469 g/mol. The Morgan fingerprint density at radius 2 is 1.84 bits per heavy atom. The summed E-state index contributed by atoms with van der Waals surface area (Å²) in [6.45, 7) is 1.50. The van der Waals surface area contributed by atoms with Crippen LogP contribution in [0.15, 0.2) is 48.5 Å². The van der Waals surface area contributed by atoms with E-state index in [2.05, 4.69) is 4.57 Å². The van der Waals surface area contributed by atoms with Gasteiger partial charge in [-0.1, -0.05) is 53.5 Å². The van der Waals surface area contributed by atoms with Crippen LogP contribution in [0.3, 0.4) is 0 Å². The molecule has 3 aromatic rings. The summed E-state index contributed by atoms with van der Waals surface area (Å²) in [5, 5.41) is 1.23. The zero-order valence-corrected chi connectivity index (χ0v) is 19.3. The van der Waals surface area contributed by atoms with Crippen molar-refractivity contribution in [2.24, 2.45) is 0 Å². The van der Waals surface area contributed by atoms with E-state index in [9.17, 15) is 4.79 Å². The summed E-state index contributed by atoms with van der Waals surface area (Å²) < 4.78 is 7.93. The van der Waals surface area contributed by atoms with Gasteiger partial charge in [-0.25, -0.2) is 9.78 Å². The van der Waals surface area contributed by atoms with E-state index in [1.165, 1.54) is 12.1 Å². The van der Waals surface area contributed by atoms with Gasteiger partial charge in [0.2, 0.25) is 0 Å². The van der Waals surface area contributed by atoms with E-state index in [0.717, 1.165) is 41.9 Å². The van der Waals surface area contributed by atoms with Gasteiger partial charge in [-0.2, -0.15) is 0 Å². The molecule has 1 aliphatic heterocycles. The molecule has 0 bridgehead atoms. The van der Waals surface area contributed by atoms with Gasteiger partial charge in [0.15, 0.2) is 0 Å². The van der Waals surface area contributed by atoms with Crippen LogP contribution in [0.25, 0.3) is 11.4 Å². The van der Waals surface area contributed by atoms with Gasteiger partial charge in [-0.15, -0.1) is 0 Å². The van der Waals surface area contributed by atoms with E-state index < -0.39 is 0 Å². The number of rotatable bonds is 4. The summed E-state index contributed by atoms with van der Waals surface area (Å²) in [5.41, 5.74) is 4.17. The van der Waals surface area contributed by atoms with Crippen LogP contribution in [0.2, 0.25) is 10.0 Å². The van der Waals surface area contributed by atoms with Gasteiger partial charge in [0.25, 0.3) is 0 Å². The van der Waals surface area contributed by atoms with Crippen molar-refractivity contribution in [3.63, 3.8) is 0 Å².